The molecule has 0 heterocycles. The average molecular weight is 447 g/mol. The summed E-state index contributed by atoms with van der Waals surface area (Å²) in [5.74, 6) is 0.861. The molecule has 0 atom stereocenters. The minimum absolute atomic E-state index is 0.116. The third kappa shape index (κ3) is 7.58. The number of benzene rings is 2. The Bertz CT molecular complexity index is 987. The Morgan fingerprint density at radius 1 is 1.10 bits per heavy atom. The SMILES string of the molecule is Cc1ccc(OCCNC(=O)CCCN(c2ccccc2C(C)C)S(C)(=O)=O)cc1C. The monoisotopic (exact) mass is 446 g/mol. The summed E-state index contributed by atoms with van der Waals surface area (Å²) in [7, 11) is -3.45. The predicted molar refractivity (Wildman–Crippen MR) is 126 cm³/mol. The van der Waals surface area contributed by atoms with Crippen molar-refractivity contribution in [1.29, 1.82) is 0 Å². The summed E-state index contributed by atoms with van der Waals surface area (Å²) in [5.41, 5.74) is 4.03. The maximum absolute atomic E-state index is 12.4. The molecule has 0 spiro atoms. The van der Waals surface area contributed by atoms with E-state index < -0.39 is 10.0 Å². The molecular weight excluding hydrogens is 412 g/mol. The van der Waals surface area contributed by atoms with Crippen molar-refractivity contribution in [3.05, 3.63) is 59.2 Å². The van der Waals surface area contributed by atoms with Crippen LogP contribution in [0.3, 0.4) is 0 Å². The van der Waals surface area contributed by atoms with E-state index in [0.29, 0.717) is 25.3 Å². The second-order valence-corrected chi connectivity index (χ2v) is 10.0. The zero-order valence-corrected chi connectivity index (χ0v) is 20.0. The van der Waals surface area contributed by atoms with Gasteiger partial charge in [0.2, 0.25) is 15.9 Å². The molecule has 170 valence electrons. The highest BCUT2D eigenvalue weighted by Crippen LogP contribution is 2.29. The van der Waals surface area contributed by atoms with E-state index in [2.05, 4.69) is 5.32 Å². The molecular formula is C24H34N2O4S. The van der Waals surface area contributed by atoms with E-state index in [1.54, 1.807) is 0 Å². The minimum atomic E-state index is -3.45. The number of para-hydroxylation sites is 1. The topological polar surface area (TPSA) is 75.7 Å². The van der Waals surface area contributed by atoms with Gasteiger partial charge in [-0.05, 0) is 61.1 Å². The summed E-state index contributed by atoms with van der Waals surface area (Å²) < 4.78 is 31.8. The number of nitrogens with zero attached hydrogens (tertiary/aromatic N) is 1. The van der Waals surface area contributed by atoms with Crippen LogP contribution in [-0.4, -0.2) is 40.3 Å². The van der Waals surface area contributed by atoms with Crippen molar-refractivity contribution < 1.29 is 17.9 Å². The molecule has 2 aromatic rings. The molecule has 0 aromatic heterocycles. The molecule has 2 rings (SSSR count). The Labute approximate surface area is 186 Å². The number of nitrogens with one attached hydrogen (secondary N) is 1. The fraction of sp³-hybridized carbons (Fsp3) is 0.458. The first-order valence-electron chi connectivity index (χ1n) is 10.6. The van der Waals surface area contributed by atoms with E-state index in [0.717, 1.165) is 16.9 Å². The van der Waals surface area contributed by atoms with E-state index in [1.165, 1.54) is 16.1 Å². The van der Waals surface area contributed by atoms with Crippen LogP contribution in [0.15, 0.2) is 42.5 Å². The summed E-state index contributed by atoms with van der Waals surface area (Å²) >= 11 is 0. The summed E-state index contributed by atoms with van der Waals surface area (Å²) in [6, 6.07) is 13.4. The van der Waals surface area contributed by atoms with Crippen LogP contribution in [0.1, 0.15) is 49.3 Å². The summed E-state index contributed by atoms with van der Waals surface area (Å²) in [6.45, 7) is 9.19. The number of carbonyl (C=O) groups is 1. The molecule has 0 saturated heterocycles. The van der Waals surface area contributed by atoms with Gasteiger partial charge in [0.05, 0.1) is 18.5 Å². The summed E-state index contributed by atoms with van der Waals surface area (Å²) in [4.78, 5) is 12.2. The Morgan fingerprint density at radius 3 is 2.45 bits per heavy atom. The highest BCUT2D eigenvalue weighted by Gasteiger charge is 2.21. The molecule has 0 fully saturated rings. The third-order valence-corrected chi connectivity index (χ3v) is 6.34. The number of sulfonamides is 1. The van der Waals surface area contributed by atoms with Gasteiger partial charge in [-0.25, -0.2) is 8.42 Å². The Balaban J connectivity index is 1.83. The van der Waals surface area contributed by atoms with Crippen LogP contribution in [0.2, 0.25) is 0 Å². The van der Waals surface area contributed by atoms with Crippen molar-refractivity contribution in [3.8, 4) is 5.75 Å². The molecule has 0 aliphatic carbocycles. The Kier molecular flexibility index (Phi) is 8.92. The first kappa shape index (κ1) is 24.7. The quantitative estimate of drug-likeness (QED) is 0.526. The molecule has 0 unspecified atom stereocenters. The predicted octanol–water partition coefficient (Wildman–Crippen LogP) is 4.17. The van der Waals surface area contributed by atoms with E-state index in [9.17, 15) is 13.2 Å². The number of anilines is 1. The van der Waals surface area contributed by atoms with Crippen molar-refractivity contribution in [2.75, 3.05) is 30.3 Å². The molecule has 0 saturated carbocycles. The molecule has 1 N–H and O–H groups in total. The van der Waals surface area contributed by atoms with E-state index in [1.807, 2.05) is 70.2 Å². The minimum Gasteiger partial charge on any atom is -0.492 e. The zero-order valence-electron chi connectivity index (χ0n) is 19.1. The van der Waals surface area contributed by atoms with Gasteiger partial charge in [-0.2, -0.15) is 0 Å². The van der Waals surface area contributed by atoms with Crippen LogP contribution >= 0.6 is 0 Å². The largest absolute Gasteiger partial charge is 0.492 e. The van der Waals surface area contributed by atoms with Gasteiger partial charge in [0.25, 0.3) is 0 Å². The first-order valence-corrected chi connectivity index (χ1v) is 12.5. The second-order valence-electron chi connectivity index (χ2n) is 8.10. The zero-order chi connectivity index (χ0) is 23.0. The van der Waals surface area contributed by atoms with Crippen LogP contribution in [0.4, 0.5) is 5.69 Å². The van der Waals surface area contributed by atoms with Crippen LogP contribution in [0, 0.1) is 13.8 Å². The number of hydrogen-bond acceptors (Lipinski definition) is 4. The van der Waals surface area contributed by atoms with Gasteiger partial charge in [-0.3, -0.25) is 9.10 Å². The normalized spacial score (nSPS) is 11.4. The van der Waals surface area contributed by atoms with Gasteiger partial charge >= 0.3 is 0 Å². The number of ether oxygens (including phenoxy) is 1. The van der Waals surface area contributed by atoms with E-state index >= 15 is 0 Å². The maximum atomic E-state index is 12.4. The van der Waals surface area contributed by atoms with Crippen molar-refractivity contribution >= 4 is 21.6 Å². The molecule has 0 bridgehead atoms. The standard InChI is InChI=1S/C24H34N2O4S/c1-18(2)22-9-6-7-10-23(22)26(31(5,28)29)15-8-11-24(27)25-14-16-30-21-13-12-19(3)20(4)17-21/h6-7,9-10,12-13,17-18H,8,11,14-16H2,1-5H3,(H,25,27). The second kappa shape index (κ2) is 11.2. The lowest BCUT2D eigenvalue weighted by Gasteiger charge is -2.26. The van der Waals surface area contributed by atoms with Gasteiger partial charge in [0.15, 0.2) is 0 Å². The number of rotatable bonds is 11. The van der Waals surface area contributed by atoms with Crippen molar-refractivity contribution in [2.45, 2.75) is 46.5 Å². The first-order chi connectivity index (χ1) is 14.6. The molecule has 7 heteroatoms. The average Bonchev–Trinajstić information content (AvgIpc) is 2.70. The summed E-state index contributed by atoms with van der Waals surface area (Å²) in [6.07, 6.45) is 1.89. The van der Waals surface area contributed by atoms with Gasteiger partial charge in [-0.1, -0.05) is 38.1 Å². The number of amides is 1. The van der Waals surface area contributed by atoms with Crippen LogP contribution in [0.5, 0.6) is 5.75 Å². The van der Waals surface area contributed by atoms with Crippen molar-refractivity contribution in [2.24, 2.45) is 0 Å². The fourth-order valence-electron chi connectivity index (χ4n) is 3.30. The molecule has 0 aliphatic heterocycles. The van der Waals surface area contributed by atoms with Gasteiger partial charge < -0.3 is 10.1 Å². The molecule has 0 radical (unpaired) electrons. The van der Waals surface area contributed by atoms with Crippen molar-refractivity contribution in [1.82, 2.24) is 5.32 Å². The molecule has 0 aliphatic rings. The smallest absolute Gasteiger partial charge is 0.232 e. The van der Waals surface area contributed by atoms with E-state index in [-0.39, 0.29) is 24.8 Å². The molecule has 6 nitrogen and oxygen atoms in total. The lowest BCUT2D eigenvalue weighted by atomic mass is 10.0. The summed E-state index contributed by atoms with van der Waals surface area (Å²) in [5, 5.41) is 2.83. The Morgan fingerprint density at radius 2 is 1.81 bits per heavy atom. The molecule has 2 aromatic carbocycles. The maximum Gasteiger partial charge on any atom is 0.232 e. The lowest BCUT2D eigenvalue weighted by Crippen LogP contribution is -2.33. The van der Waals surface area contributed by atoms with Crippen LogP contribution < -0.4 is 14.4 Å². The number of hydrogen-bond donors (Lipinski definition) is 1. The van der Waals surface area contributed by atoms with Gasteiger partial charge in [-0.15, -0.1) is 0 Å². The molecule has 1 amide bonds. The van der Waals surface area contributed by atoms with Crippen LogP contribution in [0.25, 0.3) is 0 Å². The molecule has 31 heavy (non-hydrogen) atoms. The van der Waals surface area contributed by atoms with Crippen molar-refractivity contribution in [3.63, 3.8) is 0 Å². The lowest BCUT2D eigenvalue weighted by molar-refractivity contribution is -0.121. The van der Waals surface area contributed by atoms with Gasteiger partial charge in [0.1, 0.15) is 12.4 Å². The fourth-order valence-corrected chi connectivity index (χ4v) is 4.29. The van der Waals surface area contributed by atoms with Gasteiger partial charge in [0, 0.05) is 13.0 Å². The number of aryl methyl sites for hydroxylation is 2. The Hall–Kier alpha value is -2.54. The van der Waals surface area contributed by atoms with Crippen LogP contribution in [-0.2, 0) is 14.8 Å². The third-order valence-electron chi connectivity index (χ3n) is 5.16. The number of carbonyl (C=O) groups excluding carboxylic acids is 1. The highest BCUT2D eigenvalue weighted by molar-refractivity contribution is 7.92. The highest BCUT2D eigenvalue weighted by atomic mass is 32.2. The van der Waals surface area contributed by atoms with E-state index in [4.69, 9.17) is 4.74 Å².